The van der Waals surface area contributed by atoms with Gasteiger partial charge in [-0.1, -0.05) is 6.07 Å². The maximum absolute atomic E-state index is 13.0. The van der Waals surface area contributed by atoms with E-state index in [2.05, 4.69) is 4.98 Å². The molecule has 0 saturated heterocycles. The number of nitrogen functional groups attached to an aromatic ring is 1. The Hall–Kier alpha value is -2.49. The fourth-order valence-electron chi connectivity index (χ4n) is 2.01. The summed E-state index contributed by atoms with van der Waals surface area (Å²) >= 11 is 0. The number of benzene rings is 2. The number of aromatic amines is 1. The fourth-order valence-corrected chi connectivity index (χ4v) is 2.01. The number of rotatable bonds is 3. The van der Waals surface area contributed by atoms with E-state index in [1.807, 2.05) is 24.3 Å². The standard InChI is InChI=1S/C15H13FN2O/c16-11-2-1-3-14(8-11)19-9-13-7-10-6-12(17)4-5-15(10)18-13/h1-8,18H,9,17H2. The Morgan fingerprint density at radius 2 is 2.00 bits per heavy atom. The SMILES string of the molecule is Nc1ccc2[nH]c(COc3cccc(F)c3)cc2c1. The number of halogens is 1. The number of anilines is 1. The molecule has 3 nitrogen and oxygen atoms in total. The van der Waals surface area contributed by atoms with Crippen LogP contribution in [0.5, 0.6) is 5.75 Å². The first-order valence-corrected chi connectivity index (χ1v) is 5.96. The van der Waals surface area contributed by atoms with E-state index in [-0.39, 0.29) is 5.82 Å². The molecular weight excluding hydrogens is 243 g/mol. The van der Waals surface area contributed by atoms with Crippen LogP contribution in [0.25, 0.3) is 10.9 Å². The molecule has 0 fully saturated rings. The van der Waals surface area contributed by atoms with Crippen LogP contribution in [0.3, 0.4) is 0 Å². The zero-order valence-corrected chi connectivity index (χ0v) is 10.2. The summed E-state index contributed by atoms with van der Waals surface area (Å²) in [5, 5.41) is 1.04. The van der Waals surface area contributed by atoms with E-state index in [4.69, 9.17) is 10.5 Å². The summed E-state index contributed by atoms with van der Waals surface area (Å²) in [7, 11) is 0. The van der Waals surface area contributed by atoms with Crippen LogP contribution in [0, 0.1) is 5.82 Å². The van der Waals surface area contributed by atoms with Gasteiger partial charge in [0.1, 0.15) is 18.2 Å². The molecule has 19 heavy (non-hydrogen) atoms. The number of hydrogen-bond donors (Lipinski definition) is 2. The number of aromatic nitrogens is 1. The number of H-pyrrole nitrogens is 1. The lowest BCUT2D eigenvalue weighted by atomic mass is 10.2. The molecule has 0 amide bonds. The van der Waals surface area contributed by atoms with Crippen molar-refractivity contribution >= 4 is 16.6 Å². The molecule has 2 aromatic carbocycles. The maximum Gasteiger partial charge on any atom is 0.128 e. The summed E-state index contributed by atoms with van der Waals surface area (Å²) in [5.74, 6) is 0.208. The van der Waals surface area contributed by atoms with Crippen molar-refractivity contribution in [1.82, 2.24) is 4.98 Å². The van der Waals surface area contributed by atoms with Crippen LogP contribution in [0.15, 0.2) is 48.5 Å². The third-order valence-corrected chi connectivity index (χ3v) is 2.89. The third-order valence-electron chi connectivity index (χ3n) is 2.89. The van der Waals surface area contributed by atoms with Crippen LogP contribution in [0.4, 0.5) is 10.1 Å². The van der Waals surface area contributed by atoms with E-state index < -0.39 is 0 Å². The van der Waals surface area contributed by atoms with Crippen molar-refractivity contribution in [3.8, 4) is 5.75 Å². The molecule has 3 rings (SSSR count). The third kappa shape index (κ3) is 2.52. The molecule has 0 saturated carbocycles. The van der Waals surface area contributed by atoms with E-state index in [9.17, 15) is 4.39 Å². The summed E-state index contributed by atoms with van der Waals surface area (Å²) in [6.07, 6.45) is 0. The van der Waals surface area contributed by atoms with Crippen LogP contribution in [0.2, 0.25) is 0 Å². The zero-order chi connectivity index (χ0) is 13.2. The van der Waals surface area contributed by atoms with Crippen LogP contribution in [0.1, 0.15) is 5.69 Å². The highest BCUT2D eigenvalue weighted by Crippen LogP contribution is 2.20. The van der Waals surface area contributed by atoms with Crippen LogP contribution in [-0.2, 0) is 6.61 Å². The van der Waals surface area contributed by atoms with Crippen molar-refractivity contribution in [2.24, 2.45) is 0 Å². The summed E-state index contributed by atoms with van der Waals surface area (Å²) in [6.45, 7) is 0.359. The van der Waals surface area contributed by atoms with Gasteiger partial charge in [0.2, 0.25) is 0 Å². The minimum Gasteiger partial charge on any atom is -0.487 e. The Kier molecular flexibility index (Phi) is 2.83. The molecule has 4 heteroatoms. The minimum atomic E-state index is -0.304. The van der Waals surface area contributed by atoms with Gasteiger partial charge in [-0.15, -0.1) is 0 Å². The second kappa shape index (κ2) is 4.65. The molecule has 1 heterocycles. The molecule has 0 aliphatic heterocycles. The lowest BCUT2D eigenvalue weighted by molar-refractivity contribution is 0.301. The molecule has 1 aromatic heterocycles. The van der Waals surface area contributed by atoms with Gasteiger partial charge in [-0.25, -0.2) is 4.39 Å². The average Bonchev–Trinajstić information content (AvgIpc) is 2.78. The normalized spacial score (nSPS) is 10.8. The van der Waals surface area contributed by atoms with Gasteiger partial charge in [0.15, 0.2) is 0 Å². The molecule has 0 aliphatic carbocycles. The molecule has 0 atom stereocenters. The van der Waals surface area contributed by atoms with E-state index >= 15 is 0 Å². The van der Waals surface area contributed by atoms with E-state index in [1.165, 1.54) is 12.1 Å². The number of ether oxygens (including phenoxy) is 1. The van der Waals surface area contributed by atoms with Gasteiger partial charge in [-0.2, -0.15) is 0 Å². The van der Waals surface area contributed by atoms with Crippen molar-refractivity contribution < 1.29 is 9.13 Å². The monoisotopic (exact) mass is 256 g/mol. The molecule has 0 aliphatic rings. The van der Waals surface area contributed by atoms with E-state index in [0.717, 1.165) is 22.3 Å². The van der Waals surface area contributed by atoms with Crippen molar-refractivity contribution in [3.63, 3.8) is 0 Å². The number of fused-ring (bicyclic) bond motifs is 1. The topological polar surface area (TPSA) is 51.0 Å². The molecule has 3 aromatic rings. The molecule has 96 valence electrons. The highest BCUT2D eigenvalue weighted by molar-refractivity contribution is 5.83. The first kappa shape index (κ1) is 11.6. The molecule has 0 spiro atoms. The smallest absolute Gasteiger partial charge is 0.128 e. The second-order valence-corrected chi connectivity index (χ2v) is 4.39. The van der Waals surface area contributed by atoms with Gasteiger partial charge < -0.3 is 15.5 Å². The predicted molar refractivity (Wildman–Crippen MR) is 73.4 cm³/mol. The Balaban J connectivity index is 1.78. The first-order valence-electron chi connectivity index (χ1n) is 5.96. The van der Waals surface area contributed by atoms with Crippen molar-refractivity contribution in [3.05, 3.63) is 60.0 Å². The Morgan fingerprint density at radius 1 is 1.11 bits per heavy atom. The van der Waals surface area contributed by atoms with E-state index in [1.54, 1.807) is 12.1 Å². The second-order valence-electron chi connectivity index (χ2n) is 4.39. The van der Waals surface area contributed by atoms with Crippen LogP contribution in [-0.4, -0.2) is 4.98 Å². The molecular formula is C15H13FN2O. The largest absolute Gasteiger partial charge is 0.487 e. The Bertz CT molecular complexity index is 721. The fraction of sp³-hybridized carbons (Fsp3) is 0.0667. The first-order chi connectivity index (χ1) is 9.20. The quantitative estimate of drug-likeness (QED) is 0.705. The van der Waals surface area contributed by atoms with Crippen molar-refractivity contribution in [2.45, 2.75) is 6.61 Å². The van der Waals surface area contributed by atoms with Gasteiger partial charge in [0.05, 0.1) is 5.69 Å². The molecule has 3 N–H and O–H groups in total. The average molecular weight is 256 g/mol. The minimum absolute atomic E-state index is 0.304. The number of hydrogen-bond acceptors (Lipinski definition) is 2. The highest BCUT2D eigenvalue weighted by Gasteiger charge is 2.02. The lowest BCUT2D eigenvalue weighted by Gasteiger charge is -2.04. The van der Waals surface area contributed by atoms with Gasteiger partial charge in [-0.05, 0) is 36.4 Å². The van der Waals surface area contributed by atoms with Crippen molar-refractivity contribution in [1.29, 1.82) is 0 Å². The van der Waals surface area contributed by atoms with Crippen LogP contribution >= 0.6 is 0 Å². The lowest BCUT2D eigenvalue weighted by Crippen LogP contribution is -1.95. The number of nitrogens with one attached hydrogen (secondary N) is 1. The van der Waals surface area contributed by atoms with Gasteiger partial charge in [0.25, 0.3) is 0 Å². The van der Waals surface area contributed by atoms with Crippen molar-refractivity contribution in [2.75, 3.05) is 5.73 Å². The molecule has 0 radical (unpaired) electrons. The van der Waals surface area contributed by atoms with Crippen LogP contribution < -0.4 is 10.5 Å². The number of nitrogens with two attached hydrogens (primary N) is 1. The molecule has 0 unspecified atom stereocenters. The highest BCUT2D eigenvalue weighted by atomic mass is 19.1. The summed E-state index contributed by atoms with van der Waals surface area (Å²) in [6, 6.07) is 13.7. The Labute approximate surface area is 109 Å². The zero-order valence-electron chi connectivity index (χ0n) is 10.2. The van der Waals surface area contributed by atoms with Gasteiger partial charge >= 0.3 is 0 Å². The van der Waals surface area contributed by atoms with Gasteiger partial charge in [0, 0.05) is 22.7 Å². The summed E-state index contributed by atoms with van der Waals surface area (Å²) in [4.78, 5) is 3.23. The maximum atomic E-state index is 13.0. The Morgan fingerprint density at radius 3 is 2.84 bits per heavy atom. The molecule has 0 bridgehead atoms. The predicted octanol–water partition coefficient (Wildman–Crippen LogP) is 3.47. The van der Waals surface area contributed by atoms with Gasteiger partial charge in [-0.3, -0.25) is 0 Å². The van der Waals surface area contributed by atoms with E-state index in [0.29, 0.717) is 12.4 Å². The summed E-state index contributed by atoms with van der Waals surface area (Å²) < 4.78 is 18.5. The summed E-state index contributed by atoms with van der Waals surface area (Å²) in [5.41, 5.74) is 8.38.